The maximum atomic E-state index is 12.0. The second-order valence-corrected chi connectivity index (χ2v) is 5.72. The summed E-state index contributed by atoms with van der Waals surface area (Å²) in [6.07, 6.45) is 0.556. The molecule has 0 aromatic heterocycles. The van der Waals surface area contributed by atoms with Crippen molar-refractivity contribution in [3.05, 3.63) is 46.0 Å². The molecule has 1 aromatic carbocycles. The Morgan fingerprint density at radius 1 is 1.45 bits per heavy atom. The molecule has 0 fully saturated rings. The fourth-order valence-electron chi connectivity index (χ4n) is 2.27. The van der Waals surface area contributed by atoms with Crippen LogP contribution >= 0.6 is 15.9 Å². The van der Waals surface area contributed by atoms with E-state index in [2.05, 4.69) is 27.8 Å². The molecule has 1 heterocycles. The molecule has 6 heteroatoms. The first-order valence-electron chi connectivity index (χ1n) is 6.19. The fraction of sp³-hybridized carbons (Fsp3) is 0.286. The molecule has 2 N–H and O–H groups in total. The van der Waals surface area contributed by atoms with Gasteiger partial charge in [0, 0.05) is 17.6 Å². The third-order valence-electron chi connectivity index (χ3n) is 3.22. The minimum atomic E-state index is -0.921. The van der Waals surface area contributed by atoms with E-state index in [1.807, 2.05) is 6.07 Å². The molecule has 0 aliphatic carbocycles. The molecule has 0 bridgehead atoms. The van der Waals surface area contributed by atoms with Gasteiger partial charge in [-0.25, -0.2) is 9.59 Å². The highest BCUT2D eigenvalue weighted by atomic mass is 79.9. The van der Waals surface area contributed by atoms with Crippen molar-refractivity contribution >= 4 is 27.9 Å². The molecule has 2 rings (SSSR count). The van der Waals surface area contributed by atoms with Crippen LogP contribution in [0.4, 0.5) is 4.79 Å². The number of carbonyl (C=O) groups excluding carboxylic acids is 1. The Balaban J connectivity index is 2.12. The molecule has 0 unspecified atom stereocenters. The standard InChI is InChI=1S/C14H15BrN2O3/c1-9(15)7-16-14(20)17-6-5-11-10(8-17)3-2-4-12(11)13(18)19/h2-4H,1,5-8H2,(H,16,20)(H,18,19). The molecular weight excluding hydrogens is 324 g/mol. The van der Waals surface area contributed by atoms with E-state index < -0.39 is 5.97 Å². The van der Waals surface area contributed by atoms with Crippen LogP contribution in [0.2, 0.25) is 0 Å². The summed E-state index contributed by atoms with van der Waals surface area (Å²) in [6, 6.07) is 5.01. The first-order chi connectivity index (χ1) is 9.49. The van der Waals surface area contributed by atoms with Crippen molar-refractivity contribution in [1.29, 1.82) is 0 Å². The minimum absolute atomic E-state index is 0.169. The highest BCUT2D eigenvalue weighted by molar-refractivity contribution is 9.11. The maximum Gasteiger partial charge on any atom is 0.335 e. The number of carbonyl (C=O) groups is 2. The van der Waals surface area contributed by atoms with Crippen molar-refractivity contribution in [3.63, 3.8) is 0 Å². The van der Waals surface area contributed by atoms with Crippen LogP contribution < -0.4 is 5.32 Å². The lowest BCUT2D eigenvalue weighted by molar-refractivity contribution is 0.0695. The smallest absolute Gasteiger partial charge is 0.335 e. The van der Waals surface area contributed by atoms with E-state index in [9.17, 15) is 9.59 Å². The van der Waals surface area contributed by atoms with E-state index >= 15 is 0 Å². The van der Waals surface area contributed by atoms with Crippen molar-refractivity contribution in [2.24, 2.45) is 0 Å². The number of carboxylic acids is 1. The number of nitrogens with one attached hydrogen (secondary N) is 1. The molecular formula is C14H15BrN2O3. The first-order valence-corrected chi connectivity index (χ1v) is 6.98. The SMILES string of the molecule is C=C(Br)CNC(=O)N1CCc2c(cccc2C(=O)O)C1. The fourth-order valence-corrected chi connectivity index (χ4v) is 2.41. The van der Waals surface area contributed by atoms with Gasteiger partial charge in [-0.15, -0.1) is 0 Å². The average molecular weight is 339 g/mol. The summed E-state index contributed by atoms with van der Waals surface area (Å²) >= 11 is 3.19. The largest absolute Gasteiger partial charge is 0.478 e. The van der Waals surface area contributed by atoms with Crippen LogP contribution in [-0.4, -0.2) is 35.1 Å². The number of hydrogen-bond donors (Lipinski definition) is 2. The zero-order valence-electron chi connectivity index (χ0n) is 10.9. The van der Waals surface area contributed by atoms with Crippen molar-refractivity contribution in [2.45, 2.75) is 13.0 Å². The lowest BCUT2D eigenvalue weighted by atomic mass is 9.95. The summed E-state index contributed by atoms with van der Waals surface area (Å²) in [5.41, 5.74) is 2.05. The number of nitrogens with zero attached hydrogens (tertiary/aromatic N) is 1. The Kier molecular flexibility index (Phi) is 4.44. The molecule has 1 aromatic rings. The van der Waals surface area contributed by atoms with Crippen LogP contribution in [0.5, 0.6) is 0 Å². The molecule has 5 nitrogen and oxygen atoms in total. The molecule has 0 saturated carbocycles. The van der Waals surface area contributed by atoms with E-state index in [1.165, 1.54) is 0 Å². The summed E-state index contributed by atoms with van der Waals surface area (Å²) in [5.74, 6) is -0.921. The molecule has 0 atom stereocenters. The molecule has 0 saturated heterocycles. The monoisotopic (exact) mass is 338 g/mol. The van der Waals surface area contributed by atoms with E-state index in [0.717, 1.165) is 11.1 Å². The number of urea groups is 1. The molecule has 106 valence electrons. The number of halogens is 1. The third kappa shape index (κ3) is 3.19. The number of benzene rings is 1. The lowest BCUT2D eigenvalue weighted by Gasteiger charge is -2.29. The number of amides is 2. The van der Waals surface area contributed by atoms with Crippen molar-refractivity contribution < 1.29 is 14.7 Å². The van der Waals surface area contributed by atoms with E-state index in [4.69, 9.17) is 5.11 Å². The highest BCUT2D eigenvalue weighted by Crippen LogP contribution is 2.22. The first kappa shape index (κ1) is 14.6. The maximum absolute atomic E-state index is 12.0. The van der Waals surface area contributed by atoms with Crippen LogP contribution in [0.3, 0.4) is 0 Å². The van der Waals surface area contributed by atoms with Crippen molar-refractivity contribution in [1.82, 2.24) is 10.2 Å². The topological polar surface area (TPSA) is 69.6 Å². The summed E-state index contributed by atoms with van der Waals surface area (Å²) < 4.78 is 0.705. The number of hydrogen-bond acceptors (Lipinski definition) is 2. The number of aromatic carboxylic acids is 1. The Morgan fingerprint density at radius 2 is 2.20 bits per heavy atom. The zero-order valence-corrected chi connectivity index (χ0v) is 12.4. The Hall–Kier alpha value is -1.82. The van der Waals surface area contributed by atoms with E-state index in [1.54, 1.807) is 17.0 Å². The zero-order chi connectivity index (χ0) is 14.7. The normalized spacial score (nSPS) is 13.6. The summed E-state index contributed by atoms with van der Waals surface area (Å²) in [4.78, 5) is 24.8. The van der Waals surface area contributed by atoms with Gasteiger partial charge in [0.05, 0.1) is 12.1 Å². The summed E-state index contributed by atoms with van der Waals surface area (Å²) in [5, 5.41) is 11.9. The van der Waals surface area contributed by atoms with Gasteiger partial charge in [0.25, 0.3) is 0 Å². The quantitative estimate of drug-likeness (QED) is 0.888. The van der Waals surface area contributed by atoms with Crippen molar-refractivity contribution in [3.8, 4) is 0 Å². The number of rotatable bonds is 3. The molecule has 1 aliphatic heterocycles. The Morgan fingerprint density at radius 3 is 2.85 bits per heavy atom. The molecule has 0 spiro atoms. The summed E-state index contributed by atoms with van der Waals surface area (Å²) in [6.45, 7) is 4.97. The van der Waals surface area contributed by atoms with Crippen LogP contribution in [-0.2, 0) is 13.0 Å². The van der Waals surface area contributed by atoms with Crippen LogP contribution in [0, 0.1) is 0 Å². The van der Waals surface area contributed by atoms with Gasteiger partial charge in [0.15, 0.2) is 0 Å². The number of fused-ring (bicyclic) bond motifs is 1. The lowest BCUT2D eigenvalue weighted by Crippen LogP contribution is -2.43. The average Bonchev–Trinajstić information content (AvgIpc) is 2.43. The van der Waals surface area contributed by atoms with Crippen LogP contribution in [0.15, 0.2) is 29.3 Å². The molecule has 0 radical (unpaired) electrons. The van der Waals surface area contributed by atoms with Gasteiger partial charge < -0.3 is 15.3 Å². The van der Waals surface area contributed by atoms with Gasteiger partial charge in [-0.3, -0.25) is 0 Å². The Bertz CT molecular complexity index is 572. The third-order valence-corrected chi connectivity index (χ3v) is 3.50. The van der Waals surface area contributed by atoms with E-state index in [0.29, 0.717) is 36.1 Å². The predicted octanol–water partition coefficient (Wildman–Crippen LogP) is 2.36. The van der Waals surface area contributed by atoms with Gasteiger partial charge in [-0.1, -0.05) is 34.6 Å². The van der Waals surface area contributed by atoms with Crippen LogP contribution in [0.25, 0.3) is 0 Å². The van der Waals surface area contributed by atoms with Gasteiger partial charge in [-0.2, -0.15) is 0 Å². The van der Waals surface area contributed by atoms with Gasteiger partial charge >= 0.3 is 12.0 Å². The van der Waals surface area contributed by atoms with Gasteiger partial charge in [0.2, 0.25) is 0 Å². The van der Waals surface area contributed by atoms with E-state index in [-0.39, 0.29) is 6.03 Å². The highest BCUT2D eigenvalue weighted by Gasteiger charge is 2.23. The number of carboxylic acid groups (broad SMARTS) is 1. The minimum Gasteiger partial charge on any atom is -0.478 e. The van der Waals surface area contributed by atoms with Gasteiger partial charge in [0.1, 0.15) is 0 Å². The second kappa shape index (κ2) is 6.09. The summed E-state index contributed by atoms with van der Waals surface area (Å²) in [7, 11) is 0. The van der Waals surface area contributed by atoms with Gasteiger partial charge in [-0.05, 0) is 23.6 Å². The van der Waals surface area contributed by atoms with Crippen LogP contribution in [0.1, 0.15) is 21.5 Å². The molecule has 2 amide bonds. The second-order valence-electron chi connectivity index (χ2n) is 4.60. The molecule has 20 heavy (non-hydrogen) atoms. The predicted molar refractivity (Wildman–Crippen MR) is 79.0 cm³/mol. The molecule has 1 aliphatic rings. The Labute approximate surface area is 125 Å². The van der Waals surface area contributed by atoms with Crippen molar-refractivity contribution in [2.75, 3.05) is 13.1 Å².